The summed E-state index contributed by atoms with van der Waals surface area (Å²) < 4.78 is 30.1. The molecule has 1 aromatic rings. The van der Waals surface area contributed by atoms with Gasteiger partial charge in [0.2, 0.25) is 15.9 Å². The van der Waals surface area contributed by atoms with Crippen LogP contribution in [0.25, 0.3) is 0 Å². The molecule has 0 saturated carbocycles. The zero-order chi connectivity index (χ0) is 15.5. The third kappa shape index (κ3) is 3.55. The molecule has 0 heterocycles. The topological polar surface area (TPSA) is 89.7 Å². The molecule has 0 unspecified atom stereocenters. The van der Waals surface area contributed by atoms with Crippen LogP contribution in [0.15, 0.2) is 18.2 Å². The molecule has 0 aliphatic rings. The number of hydrogen-bond acceptors (Lipinski definition) is 4. The van der Waals surface area contributed by atoms with Gasteiger partial charge in [-0.1, -0.05) is 18.5 Å². The normalized spacial score (nSPS) is 12.8. The highest BCUT2D eigenvalue weighted by Crippen LogP contribution is 2.34. The molecular weight excluding hydrogens is 304 g/mol. The molecule has 0 spiro atoms. The van der Waals surface area contributed by atoms with Crippen molar-refractivity contribution in [3.63, 3.8) is 0 Å². The second-order valence-corrected chi connectivity index (χ2v) is 6.50. The van der Waals surface area contributed by atoms with Crippen molar-refractivity contribution in [1.29, 1.82) is 0 Å². The van der Waals surface area contributed by atoms with Crippen molar-refractivity contribution in [3.05, 3.63) is 23.2 Å². The van der Waals surface area contributed by atoms with Gasteiger partial charge < -0.3 is 10.5 Å². The monoisotopic (exact) mass is 320 g/mol. The first-order valence-corrected chi connectivity index (χ1v) is 8.07. The van der Waals surface area contributed by atoms with Crippen LogP contribution in [0.3, 0.4) is 0 Å². The SMILES string of the molecule is CC[C@H](C(N)=O)N(c1cc(Cl)ccc1OC)S(C)(=O)=O. The summed E-state index contributed by atoms with van der Waals surface area (Å²) in [6, 6.07) is 3.52. The molecule has 1 amide bonds. The maximum Gasteiger partial charge on any atom is 0.241 e. The molecule has 1 rings (SSSR count). The predicted octanol–water partition coefficient (Wildman–Crippen LogP) is 1.38. The van der Waals surface area contributed by atoms with Crippen LogP contribution in [0.4, 0.5) is 5.69 Å². The summed E-state index contributed by atoms with van der Waals surface area (Å²) in [6.45, 7) is 1.67. The zero-order valence-corrected chi connectivity index (χ0v) is 13.0. The summed E-state index contributed by atoms with van der Waals surface area (Å²) in [5, 5.41) is 0.328. The number of benzene rings is 1. The Kier molecular flexibility index (Phi) is 5.24. The first kappa shape index (κ1) is 16.6. The quantitative estimate of drug-likeness (QED) is 0.857. The maximum absolute atomic E-state index is 12.0. The van der Waals surface area contributed by atoms with Crippen LogP contribution in [0.1, 0.15) is 13.3 Å². The Morgan fingerprint density at radius 2 is 2.10 bits per heavy atom. The van der Waals surface area contributed by atoms with Gasteiger partial charge in [0.15, 0.2) is 0 Å². The number of primary amides is 1. The van der Waals surface area contributed by atoms with Gasteiger partial charge >= 0.3 is 0 Å². The summed E-state index contributed by atoms with van der Waals surface area (Å²) in [5.74, 6) is -0.445. The van der Waals surface area contributed by atoms with Gasteiger partial charge in [-0.3, -0.25) is 9.10 Å². The number of halogens is 1. The molecule has 0 aliphatic heterocycles. The molecule has 0 saturated heterocycles. The Hall–Kier alpha value is -1.47. The highest BCUT2D eigenvalue weighted by atomic mass is 35.5. The fourth-order valence-electron chi connectivity index (χ4n) is 1.90. The van der Waals surface area contributed by atoms with Crippen molar-refractivity contribution in [2.24, 2.45) is 5.73 Å². The van der Waals surface area contributed by atoms with Crippen molar-refractivity contribution < 1.29 is 17.9 Å². The Bertz CT molecular complexity index is 603. The number of methoxy groups -OCH3 is 1. The van der Waals surface area contributed by atoms with Crippen molar-refractivity contribution in [3.8, 4) is 5.75 Å². The average Bonchev–Trinajstić information content (AvgIpc) is 2.33. The van der Waals surface area contributed by atoms with E-state index in [1.807, 2.05) is 0 Å². The summed E-state index contributed by atoms with van der Waals surface area (Å²) in [5.41, 5.74) is 5.48. The summed E-state index contributed by atoms with van der Waals surface area (Å²) in [6.07, 6.45) is 1.23. The van der Waals surface area contributed by atoms with E-state index in [1.165, 1.54) is 19.2 Å². The molecule has 6 nitrogen and oxygen atoms in total. The highest BCUT2D eigenvalue weighted by Gasteiger charge is 2.32. The molecule has 112 valence electrons. The van der Waals surface area contributed by atoms with Gasteiger partial charge in [0.25, 0.3) is 0 Å². The molecule has 0 fully saturated rings. The zero-order valence-electron chi connectivity index (χ0n) is 11.5. The molecular formula is C12H17ClN2O4S. The van der Waals surface area contributed by atoms with E-state index < -0.39 is 22.0 Å². The molecule has 8 heteroatoms. The number of anilines is 1. The number of hydrogen-bond donors (Lipinski definition) is 1. The molecule has 2 N–H and O–H groups in total. The molecule has 20 heavy (non-hydrogen) atoms. The fourth-order valence-corrected chi connectivity index (χ4v) is 3.28. The Balaban J connectivity index is 3.54. The predicted molar refractivity (Wildman–Crippen MR) is 78.6 cm³/mol. The van der Waals surface area contributed by atoms with Crippen molar-refractivity contribution in [2.75, 3.05) is 17.7 Å². The van der Waals surface area contributed by atoms with E-state index in [0.717, 1.165) is 10.6 Å². The number of carbonyl (C=O) groups excluding carboxylic acids is 1. The van der Waals surface area contributed by atoms with E-state index in [4.69, 9.17) is 22.1 Å². The summed E-state index contributed by atoms with van der Waals surface area (Å²) in [7, 11) is -2.33. The summed E-state index contributed by atoms with van der Waals surface area (Å²) in [4.78, 5) is 11.5. The average molecular weight is 321 g/mol. The minimum Gasteiger partial charge on any atom is -0.495 e. The maximum atomic E-state index is 12.0. The van der Waals surface area contributed by atoms with E-state index in [1.54, 1.807) is 13.0 Å². The molecule has 0 bridgehead atoms. The number of rotatable bonds is 6. The van der Waals surface area contributed by atoms with Crippen molar-refractivity contribution >= 4 is 33.2 Å². The minimum atomic E-state index is -3.73. The van der Waals surface area contributed by atoms with Gasteiger partial charge in [-0.05, 0) is 24.6 Å². The van der Waals surface area contributed by atoms with Gasteiger partial charge in [-0.15, -0.1) is 0 Å². The lowest BCUT2D eigenvalue weighted by Crippen LogP contribution is -2.47. The van der Waals surface area contributed by atoms with Crippen LogP contribution in [0.5, 0.6) is 5.75 Å². The first-order chi connectivity index (χ1) is 9.22. The van der Waals surface area contributed by atoms with Crippen molar-refractivity contribution in [2.45, 2.75) is 19.4 Å². The molecule has 1 atom stereocenters. The lowest BCUT2D eigenvalue weighted by Gasteiger charge is -2.30. The Morgan fingerprint density at radius 1 is 1.50 bits per heavy atom. The second-order valence-electron chi connectivity index (χ2n) is 4.20. The smallest absolute Gasteiger partial charge is 0.241 e. The van der Waals surface area contributed by atoms with Gasteiger partial charge in [0.05, 0.1) is 19.1 Å². The van der Waals surface area contributed by atoms with Crippen LogP contribution in [0.2, 0.25) is 5.02 Å². The van der Waals surface area contributed by atoms with Crippen LogP contribution < -0.4 is 14.8 Å². The highest BCUT2D eigenvalue weighted by molar-refractivity contribution is 7.92. The third-order valence-electron chi connectivity index (χ3n) is 2.73. The van der Waals surface area contributed by atoms with Gasteiger partial charge in [-0.25, -0.2) is 8.42 Å². The second kappa shape index (κ2) is 6.32. The number of nitrogens with zero attached hydrogens (tertiary/aromatic N) is 1. The lowest BCUT2D eigenvalue weighted by atomic mass is 10.2. The van der Waals surface area contributed by atoms with Gasteiger partial charge in [0, 0.05) is 5.02 Å². The fraction of sp³-hybridized carbons (Fsp3) is 0.417. The summed E-state index contributed by atoms with van der Waals surface area (Å²) >= 11 is 5.90. The third-order valence-corrected chi connectivity index (χ3v) is 4.13. The lowest BCUT2D eigenvalue weighted by molar-refractivity contribution is -0.119. The van der Waals surface area contributed by atoms with E-state index in [2.05, 4.69) is 0 Å². The van der Waals surface area contributed by atoms with Gasteiger partial charge in [0.1, 0.15) is 11.8 Å². The van der Waals surface area contributed by atoms with Crippen LogP contribution in [-0.2, 0) is 14.8 Å². The number of sulfonamides is 1. The van der Waals surface area contributed by atoms with Crippen LogP contribution in [0, 0.1) is 0 Å². The van der Waals surface area contributed by atoms with Crippen LogP contribution in [-0.4, -0.2) is 33.7 Å². The standard InChI is InChI=1S/C12H17ClN2O4S/c1-4-9(12(14)16)15(20(3,17)18)10-7-8(13)5-6-11(10)19-2/h5-7,9H,4H2,1-3H3,(H2,14,16)/t9-/m1/s1. The van der Waals surface area contributed by atoms with Crippen LogP contribution >= 0.6 is 11.6 Å². The molecule has 0 radical (unpaired) electrons. The number of amides is 1. The number of ether oxygens (including phenoxy) is 1. The van der Waals surface area contributed by atoms with Gasteiger partial charge in [-0.2, -0.15) is 0 Å². The largest absolute Gasteiger partial charge is 0.495 e. The first-order valence-electron chi connectivity index (χ1n) is 5.84. The van der Waals surface area contributed by atoms with E-state index in [0.29, 0.717) is 10.8 Å². The Labute approximate surface area is 123 Å². The molecule has 0 aromatic heterocycles. The van der Waals surface area contributed by atoms with Crippen molar-refractivity contribution in [1.82, 2.24) is 0 Å². The minimum absolute atomic E-state index is 0.188. The van der Waals surface area contributed by atoms with E-state index in [-0.39, 0.29) is 12.1 Å². The number of nitrogens with two attached hydrogens (primary N) is 1. The molecule has 1 aromatic carbocycles. The van der Waals surface area contributed by atoms with E-state index >= 15 is 0 Å². The Morgan fingerprint density at radius 3 is 2.50 bits per heavy atom. The molecule has 0 aliphatic carbocycles. The van der Waals surface area contributed by atoms with E-state index in [9.17, 15) is 13.2 Å². The number of carbonyl (C=O) groups is 1.